The Morgan fingerprint density at radius 1 is 1.56 bits per heavy atom. The van der Waals surface area contributed by atoms with E-state index in [2.05, 4.69) is 30.7 Å². The standard InChI is InChI=1S/C11H19N3OS/c1-7-5-9(15)14-10(13-7)16-6-8(12)11(2,3)4/h5,8H,6,12H2,1-4H3,(H,13,14,15). The zero-order valence-corrected chi connectivity index (χ0v) is 11.0. The third-order valence-electron chi connectivity index (χ3n) is 2.36. The summed E-state index contributed by atoms with van der Waals surface area (Å²) in [4.78, 5) is 18.1. The van der Waals surface area contributed by atoms with Gasteiger partial charge in [-0.3, -0.25) is 4.79 Å². The number of aromatic amines is 1. The fraction of sp³-hybridized carbons (Fsp3) is 0.636. The summed E-state index contributed by atoms with van der Waals surface area (Å²) in [6, 6.07) is 1.55. The zero-order chi connectivity index (χ0) is 12.3. The zero-order valence-electron chi connectivity index (χ0n) is 10.2. The van der Waals surface area contributed by atoms with Crippen LogP contribution in [0.3, 0.4) is 0 Å². The molecule has 5 heteroatoms. The molecular formula is C11H19N3OS. The van der Waals surface area contributed by atoms with E-state index < -0.39 is 0 Å². The molecule has 1 heterocycles. The van der Waals surface area contributed by atoms with Crippen LogP contribution < -0.4 is 11.3 Å². The van der Waals surface area contributed by atoms with Crippen LogP contribution in [0, 0.1) is 12.3 Å². The molecule has 0 amide bonds. The van der Waals surface area contributed by atoms with Crippen LogP contribution in [-0.4, -0.2) is 21.8 Å². The highest BCUT2D eigenvalue weighted by Crippen LogP contribution is 2.22. The van der Waals surface area contributed by atoms with Gasteiger partial charge in [0.25, 0.3) is 5.56 Å². The number of hydrogen-bond acceptors (Lipinski definition) is 4. The van der Waals surface area contributed by atoms with Gasteiger partial charge in [-0.15, -0.1) is 0 Å². The highest BCUT2D eigenvalue weighted by atomic mass is 32.2. The molecule has 1 aromatic rings. The maximum absolute atomic E-state index is 11.2. The van der Waals surface area contributed by atoms with Gasteiger partial charge in [0, 0.05) is 23.6 Å². The van der Waals surface area contributed by atoms with Crippen molar-refractivity contribution in [1.29, 1.82) is 0 Å². The van der Waals surface area contributed by atoms with Gasteiger partial charge in [0.2, 0.25) is 0 Å². The predicted molar refractivity (Wildman–Crippen MR) is 67.7 cm³/mol. The van der Waals surface area contributed by atoms with Gasteiger partial charge in [0.1, 0.15) is 0 Å². The minimum Gasteiger partial charge on any atom is -0.326 e. The number of aromatic nitrogens is 2. The molecular weight excluding hydrogens is 222 g/mol. The summed E-state index contributed by atoms with van der Waals surface area (Å²) < 4.78 is 0. The third-order valence-corrected chi connectivity index (χ3v) is 3.35. The maximum Gasteiger partial charge on any atom is 0.251 e. The molecule has 0 saturated carbocycles. The largest absolute Gasteiger partial charge is 0.326 e. The predicted octanol–water partition coefficient (Wildman–Crippen LogP) is 1.54. The lowest BCUT2D eigenvalue weighted by Gasteiger charge is -2.26. The molecule has 0 fully saturated rings. The van der Waals surface area contributed by atoms with Gasteiger partial charge < -0.3 is 10.7 Å². The van der Waals surface area contributed by atoms with Gasteiger partial charge in [-0.05, 0) is 12.3 Å². The van der Waals surface area contributed by atoms with Crippen molar-refractivity contribution in [3.8, 4) is 0 Å². The quantitative estimate of drug-likeness (QED) is 0.622. The fourth-order valence-electron chi connectivity index (χ4n) is 1.04. The fourth-order valence-corrected chi connectivity index (χ4v) is 2.26. The van der Waals surface area contributed by atoms with E-state index in [4.69, 9.17) is 5.73 Å². The van der Waals surface area contributed by atoms with Gasteiger partial charge in [-0.2, -0.15) is 0 Å². The molecule has 1 aromatic heterocycles. The maximum atomic E-state index is 11.2. The molecule has 0 aliphatic carbocycles. The van der Waals surface area contributed by atoms with Crippen LogP contribution in [0.4, 0.5) is 0 Å². The van der Waals surface area contributed by atoms with E-state index in [1.54, 1.807) is 0 Å². The molecule has 0 aliphatic rings. The van der Waals surface area contributed by atoms with E-state index >= 15 is 0 Å². The summed E-state index contributed by atoms with van der Waals surface area (Å²) in [6.45, 7) is 8.11. The second-order valence-electron chi connectivity index (χ2n) is 4.98. The van der Waals surface area contributed by atoms with Crippen molar-refractivity contribution in [2.75, 3.05) is 5.75 Å². The van der Waals surface area contributed by atoms with Crippen LogP contribution in [0.15, 0.2) is 16.0 Å². The van der Waals surface area contributed by atoms with Crippen molar-refractivity contribution >= 4 is 11.8 Å². The Bertz CT molecular complexity index is 408. The van der Waals surface area contributed by atoms with Crippen LogP contribution in [0.1, 0.15) is 26.5 Å². The minimum absolute atomic E-state index is 0.0666. The number of aryl methyl sites for hydroxylation is 1. The lowest BCUT2D eigenvalue weighted by molar-refractivity contribution is 0.344. The molecule has 90 valence electrons. The lowest BCUT2D eigenvalue weighted by Crippen LogP contribution is -2.37. The van der Waals surface area contributed by atoms with Gasteiger partial charge in [-0.1, -0.05) is 32.5 Å². The van der Waals surface area contributed by atoms with Crippen molar-refractivity contribution in [3.63, 3.8) is 0 Å². The molecule has 3 N–H and O–H groups in total. The normalized spacial score (nSPS) is 13.8. The first-order valence-electron chi connectivity index (χ1n) is 5.25. The third kappa shape index (κ3) is 3.98. The first-order chi connectivity index (χ1) is 7.29. The molecule has 0 aliphatic heterocycles. The Kier molecular flexibility index (Phi) is 4.15. The second-order valence-corrected chi connectivity index (χ2v) is 5.98. The van der Waals surface area contributed by atoms with Gasteiger partial charge in [0.05, 0.1) is 0 Å². The van der Waals surface area contributed by atoms with Crippen LogP contribution in [-0.2, 0) is 0 Å². The molecule has 0 aromatic carbocycles. The van der Waals surface area contributed by atoms with Gasteiger partial charge in [-0.25, -0.2) is 4.98 Å². The monoisotopic (exact) mass is 241 g/mol. The van der Waals surface area contributed by atoms with Gasteiger partial charge >= 0.3 is 0 Å². The molecule has 0 radical (unpaired) electrons. The number of H-pyrrole nitrogens is 1. The first kappa shape index (κ1) is 13.3. The molecule has 1 unspecified atom stereocenters. The Morgan fingerprint density at radius 2 is 2.19 bits per heavy atom. The van der Waals surface area contributed by atoms with Crippen molar-refractivity contribution in [2.24, 2.45) is 11.1 Å². The smallest absolute Gasteiger partial charge is 0.251 e. The highest BCUT2D eigenvalue weighted by molar-refractivity contribution is 7.99. The van der Waals surface area contributed by atoms with E-state index in [9.17, 15) is 4.79 Å². The van der Waals surface area contributed by atoms with Crippen LogP contribution in [0.25, 0.3) is 0 Å². The highest BCUT2D eigenvalue weighted by Gasteiger charge is 2.20. The summed E-state index contributed by atoms with van der Waals surface area (Å²) >= 11 is 1.49. The molecule has 0 spiro atoms. The molecule has 16 heavy (non-hydrogen) atoms. The summed E-state index contributed by atoms with van der Waals surface area (Å²) in [7, 11) is 0. The summed E-state index contributed by atoms with van der Waals surface area (Å²) in [5, 5.41) is 0.643. The SMILES string of the molecule is Cc1cc(=O)[nH]c(SCC(N)C(C)(C)C)n1. The van der Waals surface area contributed by atoms with E-state index in [1.807, 2.05) is 6.92 Å². The Labute approximate surface area is 100 Å². The number of nitrogens with two attached hydrogens (primary N) is 1. The average molecular weight is 241 g/mol. The molecule has 0 bridgehead atoms. The second kappa shape index (κ2) is 5.01. The van der Waals surface area contributed by atoms with Crippen molar-refractivity contribution in [2.45, 2.75) is 38.9 Å². The number of nitrogens with one attached hydrogen (secondary N) is 1. The Hall–Kier alpha value is -0.810. The van der Waals surface area contributed by atoms with E-state index in [1.165, 1.54) is 17.8 Å². The van der Waals surface area contributed by atoms with Crippen molar-refractivity contribution < 1.29 is 0 Å². The van der Waals surface area contributed by atoms with E-state index in [0.29, 0.717) is 5.16 Å². The minimum atomic E-state index is -0.112. The number of nitrogens with zero attached hydrogens (tertiary/aromatic N) is 1. The van der Waals surface area contributed by atoms with Crippen LogP contribution in [0.2, 0.25) is 0 Å². The molecule has 1 atom stereocenters. The van der Waals surface area contributed by atoms with E-state index in [0.717, 1.165) is 11.4 Å². The molecule has 1 rings (SSSR count). The van der Waals surface area contributed by atoms with E-state index in [-0.39, 0.29) is 17.0 Å². The number of thioether (sulfide) groups is 1. The van der Waals surface area contributed by atoms with Crippen molar-refractivity contribution in [1.82, 2.24) is 9.97 Å². The van der Waals surface area contributed by atoms with Crippen molar-refractivity contribution in [3.05, 3.63) is 22.1 Å². The average Bonchev–Trinajstić information content (AvgIpc) is 2.11. The summed E-state index contributed by atoms with van der Waals surface area (Å²) in [5.74, 6) is 0.746. The topological polar surface area (TPSA) is 71.8 Å². The Balaban J connectivity index is 2.65. The lowest BCUT2D eigenvalue weighted by atomic mass is 9.89. The Morgan fingerprint density at radius 3 is 2.69 bits per heavy atom. The van der Waals surface area contributed by atoms with Crippen LogP contribution in [0.5, 0.6) is 0 Å². The number of rotatable bonds is 3. The van der Waals surface area contributed by atoms with Gasteiger partial charge in [0.15, 0.2) is 5.16 Å². The van der Waals surface area contributed by atoms with Crippen LogP contribution >= 0.6 is 11.8 Å². The molecule has 4 nitrogen and oxygen atoms in total. The summed E-state index contributed by atoms with van der Waals surface area (Å²) in [6.07, 6.45) is 0. The number of hydrogen-bond donors (Lipinski definition) is 2. The summed E-state index contributed by atoms with van der Waals surface area (Å²) in [5.41, 5.74) is 6.72. The first-order valence-corrected chi connectivity index (χ1v) is 6.24. The molecule has 0 saturated heterocycles.